The molecule has 13 heteroatoms. The molecule has 2 atom stereocenters. The minimum atomic E-state index is -1.02. The molecule has 11 nitrogen and oxygen atoms in total. The van der Waals surface area contributed by atoms with E-state index >= 15 is 0 Å². The molecule has 6 heterocycles. The van der Waals surface area contributed by atoms with Crippen molar-refractivity contribution < 1.29 is 37.6 Å². The fraction of sp³-hybridized carbons (Fsp3) is 0.471. The average molecular weight is 1150 g/mol. The topological polar surface area (TPSA) is 106 Å². The van der Waals surface area contributed by atoms with E-state index in [-0.39, 0.29) is 25.4 Å². The normalized spacial score (nSPS) is 19.6. The minimum absolute atomic E-state index is 0.0567. The number of fused-ring (bicyclic) bond motifs is 8. The number of rotatable bonds is 10. The first-order valence-corrected chi connectivity index (χ1v) is 31.9. The molecule has 0 amide bonds. The first-order valence-electron chi connectivity index (χ1n) is 30.4. The second-order valence-electron chi connectivity index (χ2n) is 24.4. The molecule has 3 aliphatic heterocycles. The van der Waals surface area contributed by atoms with Gasteiger partial charge in [-0.15, -0.1) is 0 Å². The van der Waals surface area contributed by atoms with E-state index in [1.807, 2.05) is 76.4 Å². The van der Waals surface area contributed by atoms with Gasteiger partial charge in [0.05, 0.1) is 49.9 Å². The summed E-state index contributed by atoms with van der Waals surface area (Å²) in [6.07, 6.45) is 23.0. The fourth-order valence-electron chi connectivity index (χ4n) is 13.2. The number of benzene rings is 4. The summed E-state index contributed by atoms with van der Waals surface area (Å²) >= 11 is 0. The van der Waals surface area contributed by atoms with Gasteiger partial charge in [0, 0.05) is 60.5 Å². The lowest BCUT2D eigenvalue weighted by molar-refractivity contribution is -0.164. The Kier molecular flexibility index (Phi) is 19.3. The van der Waals surface area contributed by atoms with Crippen molar-refractivity contribution in [2.24, 2.45) is 0 Å². The first kappa shape index (κ1) is 59.8. The maximum absolute atomic E-state index is 14.8. The van der Waals surface area contributed by atoms with Crippen molar-refractivity contribution in [1.29, 1.82) is 0 Å². The van der Waals surface area contributed by atoms with E-state index in [1.54, 1.807) is 38.0 Å². The fourth-order valence-corrected chi connectivity index (χ4v) is 17.2. The van der Waals surface area contributed by atoms with E-state index in [9.17, 15) is 9.18 Å². The van der Waals surface area contributed by atoms with Crippen LogP contribution in [0.1, 0.15) is 148 Å². The van der Waals surface area contributed by atoms with Gasteiger partial charge in [0.25, 0.3) is 0 Å². The van der Waals surface area contributed by atoms with Crippen LogP contribution in [0.25, 0.3) is 50.3 Å². The predicted molar refractivity (Wildman–Crippen MR) is 335 cm³/mol. The summed E-state index contributed by atoms with van der Waals surface area (Å²) in [7, 11) is 4.76. The van der Waals surface area contributed by atoms with Crippen molar-refractivity contribution in [2.75, 3.05) is 45.9 Å². The number of aromatic nitrogens is 3. The van der Waals surface area contributed by atoms with E-state index in [2.05, 4.69) is 64.5 Å². The molecule has 5 aliphatic rings. The summed E-state index contributed by atoms with van der Waals surface area (Å²) in [5.41, 5.74) is 10.5. The summed E-state index contributed by atoms with van der Waals surface area (Å²) in [5.74, 6) is 2.49. The number of hydrogen-bond donors (Lipinski definition) is 0. The summed E-state index contributed by atoms with van der Waals surface area (Å²) in [4.78, 5) is 25.8. The molecule has 12 rings (SSSR count). The second-order valence-corrected chi connectivity index (χ2v) is 27.2. The lowest BCUT2D eigenvalue weighted by Crippen LogP contribution is -2.45. The van der Waals surface area contributed by atoms with Crippen molar-refractivity contribution in [3.05, 3.63) is 133 Å². The highest BCUT2D eigenvalue weighted by Crippen LogP contribution is 2.57. The molecule has 83 heavy (non-hydrogen) atoms. The third-order valence-corrected chi connectivity index (χ3v) is 21.0. The Morgan fingerprint density at radius 3 is 2.02 bits per heavy atom. The maximum atomic E-state index is 14.8. The van der Waals surface area contributed by atoms with Crippen LogP contribution in [0.5, 0.6) is 17.2 Å². The quantitative estimate of drug-likeness (QED) is 0.0971. The Morgan fingerprint density at radius 2 is 1.37 bits per heavy atom. The Hall–Kier alpha value is -6.33. The largest absolute Gasteiger partial charge is 0.496 e. The number of esters is 1. The summed E-state index contributed by atoms with van der Waals surface area (Å²) in [6.45, 7) is 14.2. The van der Waals surface area contributed by atoms with E-state index < -0.39 is 17.7 Å². The molecule has 0 unspecified atom stereocenters. The SMILES string of the molecule is COC(=O)[C@@H](OC(C)(C)C)c1c(C)c(-c2ccncc2)c2nc3cn2c1N1CCC(C)(CC1)OCCCC[C@H](C)Oc1ccc(F)cc1-c1cccc-3c1.COc1cccc(OC)c1-c1ccccc1P(C1CCCCC1)C1CCCCC1. The van der Waals surface area contributed by atoms with Crippen LogP contribution >= 0.6 is 7.92 Å². The van der Waals surface area contributed by atoms with Gasteiger partial charge in [0.15, 0.2) is 6.10 Å². The van der Waals surface area contributed by atoms with Crippen LogP contribution in [-0.4, -0.2) is 90.0 Å². The van der Waals surface area contributed by atoms with E-state index in [1.165, 1.54) is 89.0 Å². The maximum Gasteiger partial charge on any atom is 0.339 e. The molecule has 7 aromatic rings. The number of methoxy groups -OCH3 is 3. The molecule has 0 N–H and O–H groups in total. The number of ether oxygens (including phenoxy) is 6. The molecule has 0 radical (unpaired) electrons. The van der Waals surface area contributed by atoms with Gasteiger partial charge in [0.2, 0.25) is 0 Å². The van der Waals surface area contributed by atoms with Crippen molar-refractivity contribution in [3.8, 4) is 61.9 Å². The van der Waals surface area contributed by atoms with Gasteiger partial charge in [-0.3, -0.25) is 9.38 Å². The number of anilines is 1. The number of nitrogens with zero attached hydrogens (tertiary/aromatic N) is 4. The molecule has 3 fully saturated rings. The smallest absolute Gasteiger partial charge is 0.339 e. The summed E-state index contributed by atoms with van der Waals surface area (Å²) in [5, 5.41) is 1.59. The molecule has 6 bridgehead atoms. The molecule has 4 aromatic carbocycles. The van der Waals surface area contributed by atoms with Crippen LogP contribution in [-0.2, 0) is 19.0 Å². The number of carbonyl (C=O) groups excluding carboxylic acids is 1. The van der Waals surface area contributed by atoms with Crippen LogP contribution in [0.4, 0.5) is 10.2 Å². The molecular formula is C70H86FN4O7P. The van der Waals surface area contributed by atoms with Crippen molar-refractivity contribution in [2.45, 2.75) is 173 Å². The zero-order valence-electron chi connectivity index (χ0n) is 50.5. The standard InChI is InChI=1S/C44H51FN4O5.C26H35O2P/c1-28-11-8-9-24-52-44(6)18-22-48(23-19-44)41-38(39(42(50)51-7)54-43(3,4)5)29(2)37(30-16-20-46-21-17-30)40-47-35(27-49(40)41)32-13-10-12-31(25-32)34-26-33(45)14-15-36(34)53-28;1-27-23-17-11-18-24(28-2)26(23)22-16-9-10-19-25(22)29(20-12-5-3-6-13-20)21-14-7-4-8-15-21/h10,12-17,20-21,25-28,39H,8-9,11,18-19,22-24H2,1-7H3;9-11,16-21H,3-8,12-15H2,1-2H3/t28-,39-;/m0./s1. The lowest BCUT2D eigenvalue weighted by Gasteiger charge is -2.42. The van der Waals surface area contributed by atoms with E-state index in [4.69, 9.17) is 33.4 Å². The molecule has 2 aliphatic carbocycles. The van der Waals surface area contributed by atoms with Crippen LogP contribution in [0.15, 0.2) is 116 Å². The monoisotopic (exact) mass is 1140 g/mol. The highest BCUT2D eigenvalue weighted by molar-refractivity contribution is 7.67. The first-order chi connectivity index (χ1) is 40.2. The van der Waals surface area contributed by atoms with Gasteiger partial charge in [-0.1, -0.05) is 95.0 Å². The Bertz CT molecular complexity index is 3280. The van der Waals surface area contributed by atoms with Crippen molar-refractivity contribution >= 4 is 30.7 Å². The molecule has 0 spiro atoms. The van der Waals surface area contributed by atoms with Crippen molar-refractivity contribution in [1.82, 2.24) is 14.4 Å². The van der Waals surface area contributed by atoms with E-state index in [0.717, 1.165) is 111 Å². The highest BCUT2D eigenvalue weighted by atomic mass is 31.1. The van der Waals surface area contributed by atoms with Gasteiger partial charge < -0.3 is 33.3 Å². The number of halogens is 1. The van der Waals surface area contributed by atoms with Gasteiger partial charge in [-0.2, -0.15) is 0 Å². The van der Waals surface area contributed by atoms with Crippen LogP contribution in [0, 0.1) is 12.7 Å². The Morgan fingerprint density at radius 1 is 0.735 bits per heavy atom. The van der Waals surface area contributed by atoms with Crippen molar-refractivity contribution in [3.63, 3.8) is 0 Å². The molecular weight excluding hydrogens is 1060 g/mol. The molecule has 1 saturated heterocycles. The van der Waals surface area contributed by atoms with Crippen LogP contribution < -0.4 is 24.4 Å². The molecule has 3 aromatic heterocycles. The number of pyridine rings is 2. The van der Waals surface area contributed by atoms with Gasteiger partial charge in [-0.05, 0) is 187 Å². The molecule has 2 saturated carbocycles. The van der Waals surface area contributed by atoms with Crippen LogP contribution in [0.2, 0.25) is 0 Å². The van der Waals surface area contributed by atoms with E-state index in [0.29, 0.717) is 31.0 Å². The van der Waals surface area contributed by atoms with Crippen LogP contribution in [0.3, 0.4) is 0 Å². The second kappa shape index (κ2) is 26.7. The summed E-state index contributed by atoms with van der Waals surface area (Å²) in [6, 6.07) is 31.9. The lowest BCUT2D eigenvalue weighted by atomic mass is 9.91. The van der Waals surface area contributed by atoms with Gasteiger partial charge in [0.1, 0.15) is 34.5 Å². The van der Waals surface area contributed by atoms with Gasteiger partial charge in [-0.25, -0.2) is 14.2 Å². The number of hydrogen-bond acceptors (Lipinski definition) is 10. The third kappa shape index (κ3) is 13.6. The Labute approximate surface area is 493 Å². The Balaban J connectivity index is 0.000000223. The summed E-state index contributed by atoms with van der Waals surface area (Å²) < 4.78 is 53.7. The zero-order valence-corrected chi connectivity index (χ0v) is 51.4. The average Bonchev–Trinajstić information content (AvgIpc) is 4.07. The zero-order chi connectivity index (χ0) is 58.3. The third-order valence-electron chi connectivity index (χ3n) is 17.4. The number of carbonyl (C=O) groups is 1. The van der Waals surface area contributed by atoms with Gasteiger partial charge >= 0.3 is 5.97 Å². The number of imidazole rings is 1. The minimum Gasteiger partial charge on any atom is -0.496 e. The number of piperidine rings is 1. The highest BCUT2D eigenvalue weighted by Gasteiger charge is 2.40. The molecule has 440 valence electrons. The predicted octanol–water partition coefficient (Wildman–Crippen LogP) is 16.7.